The lowest BCUT2D eigenvalue weighted by atomic mass is 9.97. The predicted octanol–water partition coefficient (Wildman–Crippen LogP) is 4.86. The van der Waals surface area contributed by atoms with Gasteiger partial charge in [-0.3, -0.25) is 0 Å². The van der Waals surface area contributed by atoms with Crippen LogP contribution in [0.15, 0.2) is 48.3 Å². The van der Waals surface area contributed by atoms with Gasteiger partial charge in [0.2, 0.25) is 0 Å². The van der Waals surface area contributed by atoms with E-state index in [-0.39, 0.29) is 0 Å². The summed E-state index contributed by atoms with van der Waals surface area (Å²) in [5.74, 6) is 1.91. The van der Waals surface area contributed by atoms with Gasteiger partial charge in [-0.1, -0.05) is 29.8 Å². The Morgan fingerprint density at radius 1 is 1.04 bits per heavy atom. The van der Waals surface area contributed by atoms with Crippen molar-refractivity contribution in [2.75, 3.05) is 23.3 Å². The molecule has 0 saturated carbocycles. The lowest BCUT2D eigenvalue weighted by Crippen LogP contribution is -2.25. The third kappa shape index (κ3) is 3.84. The van der Waals surface area contributed by atoms with Crippen LogP contribution in [0.5, 0.6) is 0 Å². The van der Waals surface area contributed by atoms with Gasteiger partial charge in [0.05, 0.1) is 0 Å². The number of nitrogens with zero attached hydrogens (tertiary/aromatic N) is 3. The topological polar surface area (TPSA) is 41.0 Å². The minimum absolute atomic E-state index is 0.921. The Morgan fingerprint density at radius 2 is 2.00 bits per heavy atom. The fourth-order valence-electron chi connectivity index (χ4n) is 3.85. The van der Waals surface area contributed by atoms with E-state index in [4.69, 9.17) is 0 Å². The fraction of sp³-hybridized carbons (Fsp3) is 0.429. The molecule has 2 aromatic rings. The summed E-state index contributed by atoms with van der Waals surface area (Å²) >= 11 is 0. The molecule has 0 saturated heterocycles. The number of fused-ring (bicyclic) bond motifs is 1. The third-order valence-electron chi connectivity index (χ3n) is 5.18. The zero-order chi connectivity index (χ0) is 16.9. The first-order valence-electron chi connectivity index (χ1n) is 9.49. The van der Waals surface area contributed by atoms with Gasteiger partial charge in [0.15, 0.2) is 0 Å². The molecular formula is C21H26N4. The molecule has 0 radical (unpaired) electrons. The van der Waals surface area contributed by atoms with E-state index in [0.29, 0.717) is 0 Å². The van der Waals surface area contributed by atoms with Gasteiger partial charge in [-0.2, -0.15) is 0 Å². The van der Waals surface area contributed by atoms with Gasteiger partial charge in [0.25, 0.3) is 0 Å². The van der Waals surface area contributed by atoms with Crippen LogP contribution >= 0.6 is 0 Å². The molecule has 0 fully saturated rings. The number of para-hydroxylation sites is 1. The quantitative estimate of drug-likeness (QED) is 0.793. The van der Waals surface area contributed by atoms with Crippen molar-refractivity contribution in [2.45, 2.75) is 44.9 Å². The summed E-state index contributed by atoms with van der Waals surface area (Å²) in [6.07, 6.45) is 12.7. The van der Waals surface area contributed by atoms with Crippen LogP contribution in [0.2, 0.25) is 0 Å². The number of rotatable bonds is 5. The van der Waals surface area contributed by atoms with Crippen LogP contribution in [0.1, 0.15) is 44.1 Å². The van der Waals surface area contributed by atoms with Gasteiger partial charge in [0.1, 0.15) is 18.0 Å². The summed E-state index contributed by atoms with van der Waals surface area (Å²) in [5, 5.41) is 3.48. The molecule has 25 heavy (non-hydrogen) atoms. The van der Waals surface area contributed by atoms with Crippen LogP contribution in [0.3, 0.4) is 0 Å². The Labute approximate surface area is 150 Å². The first-order chi connectivity index (χ1) is 12.4. The number of aromatic nitrogens is 2. The number of aryl methyl sites for hydroxylation is 1. The van der Waals surface area contributed by atoms with E-state index < -0.39 is 0 Å². The van der Waals surface area contributed by atoms with Gasteiger partial charge >= 0.3 is 0 Å². The van der Waals surface area contributed by atoms with Crippen molar-refractivity contribution in [3.8, 4) is 0 Å². The number of nitrogens with one attached hydrogen (secondary N) is 1. The fourth-order valence-corrected chi connectivity index (χ4v) is 3.85. The molecule has 0 bridgehead atoms. The average molecular weight is 334 g/mol. The molecule has 1 N–H and O–H groups in total. The van der Waals surface area contributed by atoms with Gasteiger partial charge in [-0.25, -0.2) is 9.97 Å². The molecule has 0 unspecified atom stereocenters. The zero-order valence-corrected chi connectivity index (χ0v) is 14.7. The number of allylic oxidation sites excluding steroid dienone is 1. The molecule has 1 aliphatic carbocycles. The molecule has 0 atom stereocenters. The summed E-state index contributed by atoms with van der Waals surface area (Å²) in [6.45, 7) is 1.96. The highest BCUT2D eigenvalue weighted by atomic mass is 15.2. The van der Waals surface area contributed by atoms with E-state index in [2.05, 4.69) is 56.6 Å². The third-order valence-corrected chi connectivity index (χ3v) is 5.18. The van der Waals surface area contributed by atoms with Gasteiger partial charge in [-0.15, -0.1) is 0 Å². The molecular weight excluding hydrogens is 308 g/mol. The number of hydrogen-bond donors (Lipinski definition) is 1. The van der Waals surface area contributed by atoms with Crippen molar-refractivity contribution >= 4 is 17.3 Å². The second-order valence-corrected chi connectivity index (χ2v) is 6.93. The first-order valence-corrected chi connectivity index (χ1v) is 9.49. The molecule has 2 heterocycles. The molecule has 0 spiro atoms. The highest BCUT2D eigenvalue weighted by molar-refractivity contribution is 5.66. The summed E-state index contributed by atoms with van der Waals surface area (Å²) in [5.41, 5.74) is 4.29. The molecule has 4 heteroatoms. The van der Waals surface area contributed by atoms with E-state index in [0.717, 1.165) is 44.0 Å². The average Bonchev–Trinajstić information content (AvgIpc) is 2.69. The minimum atomic E-state index is 0.921. The Morgan fingerprint density at radius 3 is 2.92 bits per heavy atom. The van der Waals surface area contributed by atoms with Gasteiger partial charge in [0, 0.05) is 24.8 Å². The van der Waals surface area contributed by atoms with Crippen LogP contribution in [-0.2, 0) is 6.42 Å². The minimum Gasteiger partial charge on any atom is -0.370 e. The van der Waals surface area contributed by atoms with Crippen molar-refractivity contribution in [3.63, 3.8) is 0 Å². The van der Waals surface area contributed by atoms with Crippen LogP contribution in [0.4, 0.5) is 17.3 Å². The van der Waals surface area contributed by atoms with E-state index in [9.17, 15) is 0 Å². The van der Waals surface area contributed by atoms with Crippen molar-refractivity contribution in [2.24, 2.45) is 0 Å². The Kier molecular flexibility index (Phi) is 4.96. The van der Waals surface area contributed by atoms with Crippen molar-refractivity contribution < 1.29 is 0 Å². The number of anilines is 3. The highest BCUT2D eigenvalue weighted by Crippen LogP contribution is 2.32. The van der Waals surface area contributed by atoms with E-state index in [1.165, 1.54) is 36.9 Å². The van der Waals surface area contributed by atoms with E-state index >= 15 is 0 Å². The Hall–Kier alpha value is -2.36. The molecule has 0 amide bonds. The lowest BCUT2D eigenvalue weighted by Gasteiger charge is -2.30. The lowest BCUT2D eigenvalue weighted by molar-refractivity contribution is 0.679. The molecule has 1 aromatic carbocycles. The molecule has 2 aliphatic rings. The van der Waals surface area contributed by atoms with Crippen LogP contribution < -0.4 is 10.2 Å². The largest absolute Gasteiger partial charge is 0.370 e. The molecule has 4 rings (SSSR count). The smallest absolute Gasteiger partial charge is 0.138 e. The van der Waals surface area contributed by atoms with Crippen LogP contribution in [0.25, 0.3) is 0 Å². The maximum absolute atomic E-state index is 4.52. The monoisotopic (exact) mass is 334 g/mol. The maximum Gasteiger partial charge on any atom is 0.138 e. The standard InChI is InChI=1S/C21H26N4/c1-2-7-17(8-3-1)12-13-22-20-15-21(24-16-23-20)25-14-6-10-18-9-4-5-11-19(18)25/h4-5,7,9,11,15-16H,1-3,6,8,10,12-14H2,(H,22,23,24). The first kappa shape index (κ1) is 16.1. The molecule has 130 valence electrons. The summed E-state index contributed by atoms with van der Waals surface area (Å²) in [6, 6.07) is 10.7. The van der Waals surface area contributed by atoms with E-state index in [1.54, 1.807) is 11.9 Å². The van der Waals surface area contributed by atoms with Crippen molar-refractivity contribution in [3.05, 3.63) is 53.9 Å². The number of hydrogen-bond acceptors (Lipinski definition) is 4. The van der Waals surface area contributed by atoms with Crippen LogP contribution in [0, 0.1) is 0 Å². The Balaban J connectivity index is 1.44. The Bertz CT molecular complexity index is 753. The van der Waals surface area contributed by atoms with E-state index in [1.807, 2.05) is 0 Å². The summed E-state index contributed by atoms with van der Waals surface area (Å²) in [4.78, 5) is 11.2. The van der Waals surface area contributed by atoms with Gasteiger partial charge < -0.3 is 10.2 Å². The molecule has 1 aliphatic heterocycles. The van der Waals surface area contributed by atoms with Crippen molar-refractivity contribution in [1.82, 2.24) is 9.97 Å². The SMILES string of the molecule is C1=C(CCNc2cc(N3CCCc4ccccc43)ncn2)CCCC1. The highest BCUT2D eigenvalue weighted by Gasteiger charge is 2.19. The zero-order valence-electron chi connectivity index (χ0n) is 14.7. The second kappa shape index (κ2) is 7.68. The van der Waals surface area contributed by atoms with Crippen molar-refractivity contribution in [1.29, 1.82) is 0 Å². The normalized spacial score (nSPS) is 17.0. The number of benzene rings is 1. The molecule has 4 nitrogen and oxygen atoms in total. The maximum atomic E-state index is 4.52. The second-order valence-electron chi connectivity index (χ2n) is 6.93. The summed E-state index contributed by atoms with van der Waals surface area (Å²) in [7, 11) is 0. The molecule has 1 aromatic heterocycles. The van der Waals surface area contributed by atoms with Gasteiger partial charge in [-0.05, 0) is 56.6 Å². The van der Waals surface area contributed by atoms with Crippen LogP contribution in [-0.4, -0.2) is 23.1 Å². The predicted molar refractivity (Wildman–Crippen MR) is 103 cm³/mol. The summed E-state index contributed by atoms with van der Waals surface area (Å²) < 4.78 is 0.